The number of carbonyl (C=O) groups is 4. The molecule has 3 fully saturated rings. The van der Waals surface area contributed by atoms with Crippen LogP contribution >= 0.6 is 0 Å². The van der Waals surface area contributed by atoms with Gasteiger partial charge in [0.25, 0.3) is 0 Å². The number of ether oxygens (including phenoxy) is 1. The molecule has 4 unspecified atom stereocenters. The smallest absolute Gasteiger partial charge is 0.416 e. The van der Waals surface area contributed by atoms with Crippen molar-refractivity contribution < 1.29 is 47.3 Å². The molecule has 3 N–H and O–H groups in total. The number of fused-ring (bicyclic) bond motifs is 1. The van der Waals surface area contributed by atoms with Gasteiger partial charge in [0.2, 0.25) is 11.8 Å². The highest BCUT2D eigenvalue weighted by Crippen LogP contribution is 2.51. The second-order valence-corrected chi connectivity index (χ2v) is 10.5. The van der Waals surface area contributed by atoms with E-state index in [4.69, 9.17) is 4.74 Å². The molecule has 4 atom stereocenters. The van der Waals surface area contributed by atoms with Crippen molar-refractivity contribution in [1.29, 1.82) is 0 Å². The Hall–Kier alpha value is -3.93. The number of halogens is 3. The van der Waals surface area contributed by atoms with Gasteiger partial charge in [0.05, 0.1) is 23.8 Å². The van der Waals surface area contributed by atoms with Gasteiger partial charge in [0.15, 0.2) is 0 Å². The maximum atomic E-state index is 13.8. The van der Waals surface area contributed by atoms with Crippen LogP contribution in [0.4, 0.5) is 13.2 Å². The number of nitrogens with zero attached hydrogens (tertiary/aromatic N) is 1. The molecule has 2 heterocycles. The van der Waals surface area contributed by atoms with E-state index < -0.39 is 65.3 Å². The van der Waals surface area contributed by atoms with E-state index in [1.54, 1.807) is 6.07 Å². The van der Waals surface area contributed by atoms with Gasteiger partial charge in [-0.1, -0.05) is 37.5 Å². The Labute approximate surface area is 226 Å². The minimum Gasteiger partial charge on any atom is -0.481 e. The molecule has 2 saturated heterocycles. The average Bonchev–Trinajstić information content (AvgIpc) is 3.38. The van der Waals surface area contributed by atoms with Gasteiger partial charge >= 0.3 is 18.1 Å². The molecule has 2 aromatic carbocycles. The number of rotatable bonds is 7. The van der Waals surface area contributed by atoms with Crippen molar-refractivity contribution in [3.05, 3.63) is 59.7 Å². The lowest BCUT2D eigenvalue weighted by atomic mass is 9.77. The molecule has 2 aromatic rings. The normalized spacial score (nSPS) is 27.1. The number of carboxylic acids is 2. The molecule has 5 rings (SSSR count). The fraction of sp³-hybridized carbons (Fsp3) is 0.429. The maximum Gasteiger partial charge on any atom is 0.416 e. The first-order valence-corrected chi connectivity index (χ1v) is 13.0. The first-order chi connectivity index (χ1) is 18.9. The Kier molecular flexibility index (Phi) is 7.07. The van der Waals surface area contributed by atoms with E-state index in [0.717, 1.165) is 36.3 Å². The third kappa shape index (κ3) is 4.80. The highest BCUT2D eigenvalue weighted by atomic mass is 19.4. The maximum absolute atomic E-state index is 13.8. The molecule has 2 amide bonds. The molecule has 1 aliphatic carbocycles. The standard InChI is InChI=1S/C28H27F3N2O7/c29-28(30,31)16-7-5-11-19(13-16)40-18-10-4-6-15(12-18)23-21-22(27(32-23,26(38)39)14-20(34)35)25(37)33(24(21)36)17-8-2-1-3-9-17/h4-7,10-13,17,21-23,32H,1-3,8-9,14H2,(H,34,35)(H,38,39). The lowest BCUT2D eigenvalue weighted by Crippen LogP contribution is -2.57. The minimum atomic E-state index is -4.58. The molecular weight excluding hydrogens is 533 g/mol. The number of hydrogen-bond acceptors (Lipinski definition) is 6. The molecule has 0 radical (unpaired) electrons. The predicted molar refractivity (Wildman–Crippen MR) is 132 cm³/mol. The largest absolute Gasteiger partial charge is 0.481 e. The summed E-state index contributed by atoms with van der Waals surface area (Å²) in [5.41, 5.74) is -2.81. The fourth-order valence-electron chi connectivity index (χ4n) is 6.33. The Morgan fingerprint density at radius 2 is 1.62 bits per heavy atom. The van der Waals surface area contributed by atoms with Gasteiger partial charge < -0.3 is 14.9 Å². The number of imide groups is 1. The topological polar surface area (TPSA) is 133 Å². The third-order valence-electron chi connectivity index (χ3n) is 8.05. The van der Waals surface area contributed by atoms with Crippen LogP contribution in [0.3, 0.4) is 0 Å². The van der Waals surface area contributed by atoms with Crippen LogP contribution in [0.2, 0.25) is 0 Å². The molecule has 0 aromatic heterocycles. The summed E-state index contributed by atoms with van der Waals surface area (Å²) in [7, 11) is 0. The van der Waals surface area contributed by atoms with Crippen molar-refractivity contribution in [2.45, 2.75) is 62.3 Å². The van der Waals surface area contributed by atoms with Crippen LogP contribution in [0.15, 0.2) is 48.5 Å². The van der Waals surface area contributed by atoms with E-state index in [0.29, 0.717) is 18.4 Å². The van der Waals surface area contributed by atoms with Gasteiger partial charge in [-0.2, -0.15) is 13.2 Å². The average molecular weight is 561 g/mol. The second kappa shape index (κ2) is 10.2. The van der Waals surface area contributed by atoms with Crippen LogP contribution in [0.1, 0.15) is 55.7 Å². The minimum absolute atomic E-state index is 0.0920. The Balaban J connectivity index is 1.52. The first kappa shape index (κ1) is 27.6. The SMILES string of the molecule is O=C(O)CC1(C(=O)O)NC(c2cccc(Oc3cccc(C(F)(F)F)c3)c2)C2C(=O)N(C3CCCCC3)C(=O)C21. The first-order valence-electron chi connectivity index (χ1n) is 13.0. The second-order valence-electron chi connectivity index (χ2n) is 10.5. The monoisotopic (exact) mass is 560 g/mol. The number of carboxylic acid groups (broad SMARTS) is 2. The zero-order valence-corrected chi connectivity index (χ0v) is 21.2. The molecule has 40 heavy (non-hydrogen) atoms. The lowest BCUT2D eigenvalue weighted by Gasteiger charge is -2.34. The molecular formula is C28H27F3N2O7. The fourth-order valence-corrected chi connectivity index (χ4v) is 6.33. The van der Waals surface area contributed by atoms with Gasteiger partial charge in [-0.05, 0) is 48.7 Å². The summed E-state index contributed by atoms with van der Waals surface area (Å²) in [6.45, 7) is 0. The quantitative estimate of drug-likeness (QED) is 0.425. The molecule has 1 saturated carbocycles. The van der Waals surface area contributed by atoms with Gasteiger partial charge in [0, 0.05) is 12.1 Å². The summed E-state index contributed by atoms with van der Waals surface area (Å²) in [6.07, 6.45) is -1.74. The summed E-state index contributed by atoms with van der Waals surface area (Å²) in [6, 6.07) is 8.84. The molecule has 3 aliphatic rings. The molecule has 0 spiro atoms. The van der Waals surface area contributed by atoms with Crippen LogP contribution < -0.4 is 10.1 Å². The van der Waals surface area contributed by atoms with Crippen molar-refractivity contribution >= 4 is 23.8 Å². The van der Waals surface area contributed by atoms with E-state index in [-0.39, 0.29) is 17.5 Å². The highest BCUT2D eigenvalue weighted by Gasteiger charge is 2.69. The van der Waals surface area contributed by atoms with E-state index >= 15 is 0 Å². The summed E-state index contributed by atoms with van der Waals surface area (Å²) in [5.74, 6) is -6.88. The van der Waals surface area contributed by atoms with Crippen LogP contribution in [-0.2, 0) is 25.4 Å². The van der Waals surface area contributed by atoms with Crippen LogP contribution in [0, 0.1) is 11.8 Å². The van der Waals surface area contributed by atoms with Gasteiger partial charge in [-0.15, -0.1) is 0 Å². The summed E-state index contributed by atoms with van der Waals surface area (Å²) in [4.78, 5) is 53.0. The van der Waals surface area contributed by atoms with Crippen molar-refractivity contribution in [3.8, 4) is 11.5 Å². The van der Waals surface area contributed by atoms with Crippen molar-refractivity contribution in [2.24, 2.45) is 11.8 Å². The van der Waals surface area contributed by atoms with Crippen molar-refractivity contribution in [3.63, 3.8) is 0 Å². The number of nitrogens with one attached hydrogen (secondary N) is 1. The number of hydrogen-bond donors (Lipinski definition) is 3. The zero-order valence-electron chi connectivity index (χ0n) is 21.2. The van der Waals surface area contributed by atoms with Gasteiger partial charge in [-0.25, -0.2) is 0 Å². The number of amides is 2. The molecule has 212 valence electrons. The van der Waals surface area contributed by atoms with Crippen molar-refractivity contribution in [2.75, 3.05) is 0 Å². The Morgan fingerprint density at radius 3 is 2.25 bits per heavy atom. The van der Waals surface area contributed by atoms with Crippen LogP contribution in [-0.4, -0.2) is 50.4 Å². The third-order valence-corrected chi connectivity index (χ3v) is 8.05. The van der Waals surface area contributed by atoms with Crippen molar-refractivity contribution in [1.82, 2.24) is 10.2 Å². The van der Waals surface area contributed by atoms with E-state index in [1.807, 2.05) is 0 Å². The number of alkyl halides is 3. The Bertz CT molecular complexity index is 1360. The predicted octanol–water partition coefficient (Wildman–Crippen LogP) is 4.37. The summed E-state index contributed by atoms with van der Waals surface area (Å²) >= 11 is 0. The lowest BCUT2D eigenvalue weighted by molar-refractivity contribution is -0.156. The van der Waals surface area contributed by atoms with E-state index in [1.165, 1.54) is 30.3 Å². The van der Waals surface area contributed by atoms with Crippen LogP contribution in [0.25, 0.3) is 0 Å². The van der Waals surface area contributed by atoms with Crippen LogP contribution in [0.5, 0.6) is 11.5 Å². The molecule has 9 nitrogen and oxygen atoms in total. The zero-order chi connectivity index (χ0) is 28.8. The highest BCUT2D eigenvalue weighted by molar-refractivity contribution is 6.10. The Morgan fingerprint density at radius 1 is 0.975 bits per heavy atom. The summed E-state index contributed by atoms with van der Waals surface area (Å²) < 4.78 is 45.1. The van der Waals surface area contributed by atoms with Gasteiger partial charge in [-0.3, -0.25) is 29.4 Å². The number of aliphatic carboxylic acids is 2. The number of carbonyl (C=O) groups excluding carboxylic acids is 2. The number of likely N-dealkylation sites (tertiary alicyclic amines) is 1. The summed E-state index contributed by atoms with van der Waals surface area (Å²) in [5, 5.41) is 22.7. The van der Waals surface area contributed by atoms with E-state index in [9.17, 15) is 42.6 Å². The van der Waals surface area contributed by atoms with E-state index in [2.05, 4.69) is 5.32 Å². The molecule has 12 heteroatoms. The molecule has 2 aliphatic heterocycles. The number of benzene rings is 2. The van der Waals surface area contributed by atoms with Gasteiger partial charge in [0.1, 0.15) is 17.0 Å². The molecule has 0 bridgehead atoms.